The Bertz CT molecular complexity index is 287. The lowest BCUT2D eigenvalue weighted by atomic mass is 10.0. The molecule has 2 rings (SSSR count). The molecule has 1 fully saturated rings. The van der Waals surface area contributed by atoms with Crippen molar-refractivity contribution in [3.05, 3.63) is 0 Å². The summed E-state index contributed by atoms with van der Waals surface area (Å²) in [6, 6.07) is 0. The molecule has 1 aromatic rings. The SMILES string of the molecule is Cn1nnnc1NC1(C)CCNC1. The summed E-state index contributed by atoms with van der Waals surface area (Å²) in [6.45, 7) is 4.18. The highest BCUT2D eigenvalue weighted by Gasteiger charge is 2.29. The van der Waals surface area contributed by atoms with Crippen molar-refractivity contribution in [1.82, 2.24) is 25.5 Å². The van der Waals surface area contributed by atoms with Crippen LogP contribution in [0.2, 0.25) is 0 Å². The number of aryl methyl sites for hydroxylation is 1. The summed E-state index contributed by atoms with van der Waals surface area (Å²) >= 11 is 0. The molecular formula is C7H14N6. The van der Waals surface area contributed by atoms with Gasteiger partial charge in [-0.2, -0.15) is 0 Å². The van der Waals surface area contributed by atoms with E-state index in [0.29, 0.717) is 0 Å². The molecule has 1 unspecified atom stereocenters. The monoisotopic (exact) mass is 182 g/mol. The van der Waals surface area contributed by atoms with Crippen LogP contribution in [0.4, 0.5) is 5.95 Å². The van der Waals surface area contributed by atoms with Gasteiger partial charge in [0.05, 0.1) is 5.54 Å². The van der Waals surface area contributed by atoms with Crippen molar-refractivity contribution in [3.63, 3.8) is 0 Å². The van der Waals surface area contributed by atoms with E-state index in [1.165, 1.54) is 0 Å². The molecule has 6 nitrogen and oxygen atoms in total. The van der Waals surface area contributed by atoms with Gasteiger partial charge in [0.2, 0.25) is 5.95 Å². The molecule has 2 N–H and O–H groups in total. The van der Waals surface area contributed by atoms with Crippen molar-refractivity contribution in [1.29, 1.82) is 0 Å². The molecule has 0 saturated carbocycles. The van der Waals surface area contributed by atoms with Gasteiger partial charge >= 0.3 is 0 Å². The quantitative estimate of drug-likeness (QED) is 0.637. The Kier molecular flexibility index (Phi) is 1.91. The second kappa shape index (κ2) is 2.95. The van der Waals surface area contributed by atoms with Crippen molar-refractivity contribution in [2.24, 2.45) is 7.05 Å². The number of tetrazole rings is 1. The third-order valence-electron chi connectivity index (χ3n) is 2.40. The van der Waals surface area contributed by atoms with Crippen LogP contribution < -0.4 is 10.6 Å². The number of hydrogen-bond acceptors (Lipinski definition) is 5. The number of hydrogen-bond donors (Lipinski definition) is 2. The summed E-state index contributed by atoms with van der Waals surface area (Å²) in [4.78, 5) is 0. The van der Waals surface area contributed by atoms with Gasteiger partial charge in [-0.3, -0.25) is 0 Å². The highest BCUT2D eigenvalue weighted by molar-refractivity contribution is 5.28. The van der Waals surface area contributed by atoms with Gasteiger partial charge in [0.15, 0.2) is 0 Å². The first-order chi connectivity index (χ1) is 6.20. The minimum Gasteiger partial charge on any atom is -0.347 e. The summed E-state index contributed by atoms with van der Waals surface area (Å²) in [7, 11) is 1.83. The van der Waals surface area contributed by atoms with Crippen LogP contribution in [-0.4, -0.2) is 38.8 Å². The Morgan fingerprint density at radius 1 is 1.62 bits per heavy atom. The van der Waals surface area contributed by atoms with Crippen molar-refractivity contribution >= 4 is 5.95 Å². The van der Waals surface area contributed by atoms with Gasteiger partial charge in [-0.25, -0.2) is 4.68 Å². The van der Waals surface area contributed by atoms with E-state index in [1.807, 2.05) is 7.05 Å². The summed E-state index contributed by atoms with van der Waals surface area (Å²) in [5, 5.41) is 17.9. The van der Waals surface area contributed by atoms with Crippen molar-refractivity contribution in [3.8, 4) is 0 Å². The summed E-state index contributed by atoms with van der Waals surface area (Å²) in [5.41, 5.74) is 0.0858. The van der Waals surface area contributed by atoms with Crippen LogP contribution in [0.5, 0.6) is 0 Å². The van der Waals surface area contributed by atoms with Gasteiger partial charge in [-0.1, -0.05) is 5.10 Å². The minimum absolute atomic E-state index is 0.0858. The molecule has 0 bridgehead atoms. The minimum atomic E-state index is 0.0858. The fraction of sp³-hybridized carbons (Fsp3) is 0.857. The van der Waals surface area contributed by atoms with E-state index in [-0.39, 0.29) is 5.54 Å². The lowest BCUT2D eigenvalue weighted by Crippen LogP contribution is -2.37. The Hall–Kier alpha value is -1.17. The van der Waals surface area contributed by atoms with Gasteiger partial charge in [0, 0.05) is 13.6 Å². The van der Waals surface area contributed by atoms with Crippen molar-refractivity contribution < 1.29 is 0 Å². The molecule has 1 saturated heterocycles. The van der Waals surface area contributed by atoms with Crippen LogP contribution in [0.15, 0.2) is 0 Å². The van der Waals surface area contributed by atoms with Gasteiger partial charge in [0.1, 0.15) is 0 Å². The molecule has 1 aromatic heterocycles. The van der Waals surface area contributed by atoms with Crippen LogP contribution in [-0.2, 0) is 7.05 Å². The maximum atomic E-state index is 3.89. The number of anilines is 1. The highest BCUT2D eigenvalue weighted by atomic mass is 15.6. The van der Waals surface area contributed by atoms with Gasteiger partial charge in [-0.05, 0) is 30.3 Å². The zero-order valence-electron chi connectivity index (χ0n) is 7.91. The molecule has 2 heterocycles. The summed E-state index contributed by atoms with van der Waals surface area (Å²) in [5.74, 6) is 0.728. The molecule has 0 spiro atoms. The Labute approximate surface area is 76.7 Å². The zero-order chi connectivity index (χ0) is 9.31. The first kappa shape index (κ1) is 8.43. The van der Waals surface area contributed by atoms with Crippen LogP contribution in [0.25, 0.3) is 0 Å². The molecular weight excluding hydrogens is 168 g/mol. The average Bonchev–Trinajstić information content (AvgIpc) is 2.64. The second-order valence-corrected chi connectivity index (χ2v) is 3.74. The van der Waals surface area contributed by atoms with E-state index < -0.39 is 0 Å². The summed E-state index contributed by atoms with van der Waals surface area (Å²) in [6.07, 6.45) is 1.10. The van der Waals surface area contributed by atoms with Gasteiger partial charge in [-0.15, -0.1) is 0 Å². The van der Waals surface area contributed by atoms with E-state index in [1.54, 1.807) is 4.68 Å². The molecule has 1 aliphatic heterocycles. The lowest BCUT2D eigenvalue weighted by Gasteiger charge is -2.23. The average molecular weight is 182 g/mol. The number of rotatable bonds is 2. The maximum Gasteiger partial charge on any atom is 0.243 e. The van der Waals surface area contributed by atoms with Crippen LogP contribution in [0.3, 0.4) is 0 Å². The Morgan fingerprint density at radius 2 is 2.46 bits per heavy atom. The third-order valence-corrected chi connectivity index (χ3v) is 2.40. The van der Waals surface area contributed by atoms with Gasteiger partial charge < -0.3 is 10.6 Å². The largest absolute Gasteiger partial charge is 0.347 e. The van der Waals surface area contributed by atoms with E-state index in [2.05, 4.69) is 33.1 Å². The number of nitrogens with one attached hydrogen (secondary N) is 2. The normalized spacial score (nSPS) is 27.8. The topological polar surface area (TPSA) is 67.7 Å². The van der Waals surface area contributed by atoms with Crippen LogP contribution in [0, 0.1) is 0 Å². The molecule has 13 heavy (non-hydrogen) atoms. The predicted octanol–water partition coefficient (Wildman–Crippen LogP) is -0.626. The first-order valence-electron chi connectivity index (χ1n) is 4.41. The molecule has 0 aromatic carbocycles. The Morgan fingerprint density at radius 3 is 3.00 bits per heavy atom. The highest BCUT2D eigenvalue weighted by Crippen LogP contribution is 2.18. The molecule has 0 aliphatic carbocycles. The number of nitrogens with zero attached hydrogens (tertiary/aromatic N) is 4. The molecule has 6 heteroatoms. The third kappa shape index (κ3) is 1.62. The second-order valence-electron chi connectivity index (χ2n) is 3.74. The molecule has 0 amide bonds. The maximum absolute atomic E-state index is 3.89. The summed E-state index contributed by atoms with van der Waals surface area (Å²) < 4.78 is 1.64. The van der Waals surface area contributed by atoms with Crippen LogP contribution in [0.1, 0.15) is 13.3 Å². The van der Waals surface area contributed by atoms with Gasteiger partial charge in [0.25, 0.3) is 0 Å². The smallest absolute Gasteiger partial charge is 0.243 e. The van der Waals surface area contributed by atoms with E-state index in [4.69, 9.17) is 0 Å². The molecule has 1 aliphatic rings. The van der Waals surface area contributed by atoms with Crippen molar-refractivity contribution in [2.75, 3.05) is 18.4 Å². The van der Waals surface area contributed by atoms with Crippen LogP contribution >= 0.6 is 0 Å². The fourth-order valence-electron chi connectivity index (χ4n) is 1.53. The first-order valence-corrected chi connectivity index (χ1v) is 4.41. The molecule has 0 radical (unpaired) electrons. The lowest BCUT2D eigenvalue weighted by molar-refractivity contribution is 0.554. The zero-order valence-corrected chi connectivity index (χ0v) is 7.91. The molecule has 72 valence electrons. The van der Waals surface area contributed by atoms with Crippen molar-refractivity contribution in [2.45, 2.75) is 18.9 Å². The van der Waals surface area contributed by atoms with E-state index >= 15 is 0 Å². The predicted molar refractivity (Wildman–Crippen MR) is 48.3 cm³/mol. The number of aromatic nitrogens is 4. The molecule has 1 atom stereocenters. The fourth-order valence-corrected chi connectivity index (χ4v) is 1.53. The van der Waals surface area contributed by atoms with E-state index in [0.717, 1.165) is 25.5 Å². The Balaban J connectivity index is 2.09. The van der Waals surface area contributed by atoms with E-state index in [9.17, 15) is 0 Å². The standard InChI is InChI=1S/C7H14N6/c1-7(3-4-8-5-7)9-6-10-11-12-13(6)2/h8H,3-5H2,1-2H3,(H,9,10,12).